The highest BCUT2D eigenvalue weighted by molar-refractivity contribution is 5.50. The fourth-order valence-corrected chi connectivity index (χ4v) is 2.77. The molecule has 0 saturated carbocycles. The highest BCUT2D eigenvalue weighted by Crippen LogP contribution is 2.38. The maximum Gasteiger partial charge on any atom is 0.124 e. The van der Waals surface area contributed by atoms with Crippen LogP contribution >= 0.6 is 0 Å². The minimum atomic E-state index is 0.323. The number of rotatable bonds is 5. The summed E-state index contributed by atoms with van der Waals surface area (Å²) in [4.78, 5) is 0. The van der Waals surface area contributed by atoms with Gasteiger partial charge in [0.05, 0.1) is 20.8 Å². The van der Waals surface area contributed by atoms with E-state index in [4.69, 9.17) is 14.2 Å². The minimum Gasteiger partial charge on any atom is -0.496 e. The van der Waals surface area contributed by atoms with Gasteiger partial charge in [-0.1, -0.05) is 6.42 Å². The Balaban J connectivity index is 2.45. The number of methoxy groups -OCH3 is 3. The van der Waals surface area contributed by atoms with Crippen molar-refractivity contribution in [3.05, 3.63) is 23.3 Å². The van der Waals surface area contributed by atoms with Crippen molar-refractivity contribution in [3.63, 3.8) is 0 Å². The van der Waals surface area contributed by atoms with Crippen LogP contribution in [0.15, 0.2) is 12.1 Å². The zero-order valence-electron chi connectivity index (χ0n) is 12.0. The molecule has 2 rings (SSSR count). The van der Waals surface area contributed by atoms with Gasteiger partial charge in [-0.2, -0.15) is 0 Å². The second kappa shape index (κ2) is 6.78. The molecule has 1 heterocycles. The van der Waals surface area contributed by atoms with Crippen LogP contribution in [0.5, 0.6) is 11.5 Å². The molecule has 106 valence electrons. The summed E-state index contributed by atoms with van der Waals surface area (Å²) in [5, 5.41) is 3.57. The van der Waals surface area contributed by atoms with Gasteiger partial charge in [-0.15, -0.1) is 0 Å². The number of ether oxygens (including phenoxy) is 3. The van der Waals surface area contributed by atoms with Gasteiger partial charge in [0.1, 0.15) is 11.5 Å². The number of nitrogens with one attached hydrogen (secondary N) is 1. The molecule has 0 bridgehead atoms. The fraction of sp³-hybridized carbons (Fsp3) is 0.600. The van der Waals surface area contributed by atoms with Gasteiger partial charge in [-0.3, -0.25) is 0 Å². The number of piperidine rings is 1. The average molecular weight is 265 g/mol. The summed E-state index contributed by atoms with van der Waals surface area (Å²) in [6.45, 7) is 1.59. The molecule has 1 N–H and O–H groups in total. The molecule has 1 aliphatic rings. The summed E-state index contributed by atoms with van der Waals surface area (Å²) in [5.74, 6) is 1.78. The Labute approximate surface area is 115 Å². The van der Waals surface area contributed by atoms with E-state index in [1.54, 1.807) is 21.3 Å². The van der Waals surface area contributed by atoms with Crippen LogP contribution in [0, 0.1) is 0 Å². The highest BCUT2D eigenvalue weighted by atomic mass is 16.5. The van der Waals surface area contributed by atoms with Crippen LogP contribution in [0.25, 0.3) is 0 Å². The summed E-state index contributed by atoms with van der Waals surface area (Å²) in [6.07, 6.45) is 3.60. The Bertz CT molecular complexity index is 414. The second-order valence-electron chi connectivity index (χ2n) is 4.80. The Kier molecular flexibility index (Phi) is 5.05. The molecule has 0 radical (unpaired) electrons. The predicted octanol–water partition coefficient (Wildman–Crippen LogP) is 2.66. The fourth-order valence-electron chi connectivity index (χ4n) is 2.77. The Morgan fingerprint density at radius 1 is 1.11 bits per heavy atom. The molecule has 0 aliphatic carbocycles. The van der Waals surface area contributed by atoms with Crippen LogP contribution in [-0.2, 0) is 11.3 Å². The molecule has 19 heavy (non-hydrogen) atoms. The molecule has 1 unspecified atom stereocenters. The largest absolute Gasteiger partial charge is 0.496 e. The zero-order valence-corrected chi connectivity index (χ0v) is 12.0. The van der Waals surface area contributed by atoms with Gasteiger partial charge in [0.25, 0.3) is 0 Å². The standard InChI is InChI=1S/C15H23NO3/c1-17-10-11-13(18-2)7-8-14(19-3)15(11)12-6-4-5-9-16-12/h7-8,12,16H,4-6,9-10H2,1-3H3. The summed E-state index contributed by atoms with van der Waals surface area (Å²) in [5.41, 5.74) is 2.27. The molecule has 1 saturated heterocycles. The van der Waals surface area contributed by atoms with E-state index in [0.717, 1.165) is 30.0 Å². The first-order valence-electron chi connectivity index (χ1n) is 6.78. The first-order chi connectivity index (χ1) is 9.31. The first kappa shape index (κ1) is 14.2. The lowest BCUT2D eigenvalue weighted by Crippen LogP contribution is -2.28. The van der Waals surface area contributed by atoms with Crippen LogP contribution in [0.4, 0.5) is 0 Å². The quantitative estimate of drug-likeness (QED) is 0.888. The topological polar surface area (TPSA) is 39.7 Å². The summed E-state index contributed by atoms with van der Waals surface area (Å²) in [6, 6.07) is 4.24. The third kappa shape index (κ3) is 3.01. The van der Waals surface area contributed by atoms with Crippen molar-refractivity contribution < 1.29 is 14.2 Å². The molecule has 1 fully saturated rings. The van der Waals surface area contributed by atoms with Gasteiger partial charge in [0.2, 0.25) is 0 Å². The molecule has 1 aromatic rings. The van der Waals surface area contributed by atoms with Crippen LogP contribution < -0.4 is 14.8 Å². The Hall–Kier alpha value is -1.26. The molecule has 4 nitrogen and oxygen atoms in total. The van der Waals surface area contributed by atoms with Crippen molar-refractivity contribution in [2.24, 2.45) is 0 Å². The van der Waals surface area contributed by atoms with E-state index in [1.165, 1.54) is 18.4 Å². The van der Waals surface area contributed by atoms with Crippen LogP contribution in [0.1, 0.15) is 36.4 Å². The van der Waals surface area contributed by atoms with Gasteiger partial charge >= 0.3 is 0 Å². The lowest BCUT2D eigenvalue weighted by atomic mass is 9.92. The number of benzene rings is 1. The third-order valence-corrected chi connectivity index (χ3v) is 3.66. The van der Waals surface area contributed by atoms with Crippen molar-refractivity contribution in [2.75, 3.05) is 27.9 Å². The third-order valence-electron chi connectivity index (χ3n) is 3.66. The minimum absolute atomic E-state index is 0.323. The van der Waals surface area contributed by atoms with Crippen molar-refractivity contribution >= 4 is 0 Å². The zero-order chi connectivity index (χ0) is 13.7. The van der Waals surface area contributed by atoms with E-state index in [-0.39, 0.29) is 0 Å². The Morgan fingerprint density at radius 3 is 2.42 bits per heavy atom. The molecule has 1 aromatic carbocycles. The molecule has 0 aromatic heterocycles. The maximum absolute atomic E-state index is 5.53. The van der Waals surface area contributed by atoms with Gasteiger partial charge in [0.15, 0.2) is 0 Å². The normalized spacial score (nSPS) is 19.2. The van der Waals surface area contributed by atoms with Crippen LogP contribution in [-0.4, -0.2) is 27.9 Å². The van der Waals surface area contributed by atoms with E-state index in [9.17, 15) is 0 Å². The lowest BCUT2D eigenvalue weighted by molar-refractivity contribution is 0.179. The second-order valence-corrected chi connectivity index (χ2v) is 4.80. The van der Waals surface area contributed by atoms with Crippen molar-refractivity contribution in [1.29, 1.82) is 0 Å². The highest BCUT2D eigenvalue weighted by Gasteiger charge is 2.24. The average Bonchev–Trinajstić information content (AvgIpc) is 2.48. The van der Waals surface area contributed by atoms with Gasteiger partial charge < -0.3 is 19.5 Å². The monoisotopic (exact) mass is 265 g/mol. The van der Waals surface area contributed by atoms with Crippen molar-refractivity contribution in [1.82, 2.24) is 5.32 Å². The van der Waals surface area contributed by atoms with Crippen LogP contribution in [0.3, 0.4) is 0 Å². The molecular formula is C15H23NO3. The lowest BCUT2D eigenvalue weighted by Gasteiger charge is -2.28. The molecule has 4 heteroatoms. The molecular weight excluding hydrogens is 242 g/mol. The van der Waals surface area contributed by atoms with Gasteiger partial charge in [-0.25, -0.2) is 0 Å². The van der Waals surface area contributed by atoms with E-state index in [2.05, 4.69) is 5.32 Å². The first-order valence-corrected chi connectivity index (χ1v) is 6.78. The van der Waals surface area contributed by atoms with E-state index in [1.807, 2.05) is 12.1 Å². The number of hydrogen-bond donors (Lipinski definition) is 1. The van der Waals surface area contributed by atoms with E-state index >= 15 is 0 Å². The smallest absolute Gasteiger partial charge is 0.124 e. The molecule has 0 spiro atoms. The summed E-state index contributed by atoms with van der Waals surface area (Å²) < 4.78 is 16.3. The summed E-state index contributed by atoms with van der Waals surface area (Å²) in [7, 11) is 5.11. The Morgan fingerprint density at radius 2 is 1.84 bits per heavy atom. The van der Waals surface area contributed by atoms with Crippen molar-refractivity contribution in [3.8, 4) is 11.5 Å². The van der Waals surface area contributed by atoms with Crippen molar-refractivity contribution in [2.45, 2.75) is 31.9 Å². The predicted molar refractivity (Wildman–Crippen MR) is 74.9 cm³/mol. The van der Waals surface area contributed by atoms with Crippen LogP contribution in [0.2, 0.25) is 0 Å². The maximum atomic E-state index is 5.53. The summed E-state index contributed by atoms with van der Waals surface area (Å²) >= 11 is 0. The molecule has 1 aliphatic heterocycles. The number of hydrogen-bond acceptors (Lipinski definition) is 4. The van der Waals surface area contributed by atoms with E-state index < -0.39 is 0 Å². The van der Waals surface area contributed by atoms with Gasteiger partial charge in [-0.05, 0) is 31.5 Å². The molecule has 0 amide bonds. The van der Waals surface area contributed by atoms with E-state index in [0.29, 0.717) is 12.6 Å². The molecule has 1 atom stereocenters. The SMILES string of the molecule is COCc1c(OC)ccc(OC)c1C1CCCCN1. The van der Waals surface area contributed by atoms with Gasteiger partial charge in [0, 0.05) is 24.3 Å².